The molecule has 0 bridgehead atoms. The van der Waals surface area contributed by atoms with E-state index in [9.17, 15) is 5.11 Å². The van der Waals surface area contributed by atoms with Crippen LogP contribution in [0.2, 0.25) is 0 Å². The van der Waals surface area contributed by atoms with Crippen LogP contribution in [0.25, 0.3) is 5.65 Å². The van der Waals surface area contributed by atoms with E-state index in [-0.39, 0.29) is 12.4 Å². The van der Waals surface area contributed by atoms with Crippen molar-refractivity contribution in [3.63, 3.8) is 0 Å². The molecule has 0 amide bonds. The van der Waals surface area contributed by atoms with E-state index in [1.54, 1.807) is 34.7 Å². The van der Waals surface area contributed by atoms with E-state index < -0.39 is 0 Å². The molecule has 3 rings (SSSR count). The van der Waals surface area contributed by atoms with E-state index in [1.807, 2.05) is 12.3 Å². The van der Waals surface area contributed by atoms with Gasteiger partial charge in [0.25, 0.3) is 0 Å². The zero-order valence-electron chi connectivity index (χ0n) is 10.0. The summed E-state index contributed by atoms with van der Waals surface area (Å²) >= 11 is 0. The summed E-state index contributed by atoms with van der Waals surface area (Å²) in [5, 5.41) is 17.6. The largest absolute Gasteiger partial charge is 0.504 e. The summed E-state index contributed by atoms with van der Waals surface area (Å²) in [5.74, 6) is 1.12. The van der Waals surface area contributed by atoms with Crippen molar-refractivity contribution < 1.29 is 9.84 Å². The van der Waals surface area contributed by atoms with Crippen LogP contribution in [0.15, 0.2) is 42.6 Å². The smallest absolute Gasteiger partial charge is 0.184 e. The lowest BCUT2D eigenvalue weighted by molar-refractivity contribution is 0.279. The number of benzene rings is 1. The third-order valence-electron chi connectivity index (χ3n) is 2.76. The Morgan fingerprint density at radius 3 is 2.84 bits per heavy atom. The third kappa shape index (κ3) is 2.03. The van der Waals surface area contributed by atoms with Gasteiger partial charge in [0, 0.05) is 6.20 Å². The van der Waals surface area contributed by atoms with Crippen molar-refractivity contribution >= 4 is 11.3 Å². The molecular weight excluding hydrogens is 244 g/mol. The molecule has 3 N–H and O–H groups in total. The molecule has 1 aromatic carbocycles. The summed E-state index contributed by atoms with van der Waals surface area (Å²) in [4.78, 5) is 0. The van der Waals surface area contributed by atoms with E-state index in [4.69, 9.17) is 10.5 Å². The molecule has 0 unspecified atom stereocenters. The predicted molar refractivity (Wildman–Crippen MR) is 69.8 cm³/mol. The molecule has 2 heterocycles. The van der Waals surface area contributed by atoms with Gasteiger partial charge < -0.3 is 15.6 Å². The molecule has 6 heteroatoms. The lowest BCUT2D eigenvalue weighted by Crippen LogP contribution is -2.02. The number of aromatic nitrogens is 3. The molecule has 0 atom stereocenters. The molecule has 0 saturated carbocycles. The number of ether oxygens (including phenoxy) is 1. The molecule has 0 aliphatic heterocycles. The number of nitrogens with zero attached hydrogens (tertiary/aromatic N) is 3. The Labute approximate surface area is 109 Å². The molecular formula is C13H12N4O2. The SMILES string of the molecule is Nc1cccn2c(COc3ccccc3O)nnc12. The van der Waals surface area contributed by atoms with Gasteiger partial charge in [-0.15, -0.1) is 10.2 Å². The van der Waals surface area contributed by atoms with Crippen LogP contribution >= 0.6 is 0 Å². The van der Waals surface area contributed by atoms with E-state index in [1.165, 1.54) is 0 Å². The number of aromatic hydroxyl groups is 1. The van der Waals surface area contributed by atoms with Crippen molar-refractivity contribution in [2.45, 2.75) is 6.61 Å². The summed E-state index contributed by atoms with van der Waals surface area (Å²) in [5.41, 5.74) is 6.95. The van der Waals surface area contributed by atoms with Gasteiger partial charge in [0.2, 0.25) is 0 Å². The zero-order valence-corrected chi connectivity index (χ0v) is 10.0. The number of hydrogen-bond donors (Lipinski definition) is 2. The predicted octanol–water partition coefficient (Wildman–Crippen LogP) is 1.60. The van der Waals surface area contributed by atoms with Gasteiger partial charge >= 0.3 is 0 Å². The second-order valence-corrected chi connectivity index (χ2v) is 4.03. The van der Waals surface area contributed by atoms with Crippen LogP contribution < -0.4 is 10.5 Å². The van der Waals surface area contributed by atoms with Crippen molar-refractivity contribution in [3.05, 3.63) is 48.4 Å². The van der Waals surface area contributed by atoms with Gasteiger partial charge in [0.05, 0.1) is 5.69 Å². The lowest BCUT2D eigenvalue weighted by Gasteiger charge is -2.06. The van der Waals surface area contributed by atoms with Crippen LogP contribution in [0.1, 0.15) is 5.82 Å². The van der Waals surface area contributed by atoms with Gasteiger partial charge in [-0.3, -0.25) is 4.40 Å². The summed E-state index contributed by atoms with van der Waals surface area (Å²) in [6, 6.07) is 10.3. The maximum atomic E-state index is 9.61. The Kier molecular flexibility index (Phi) is 2.68. The molecule has 19 heavy (non-hydrogen) atoms. The molecule has 0 fully saturated rings. The fourth-order valence-electron chi connectivity index (χ4n) is 1.80. The standard InChI is InChI=1S/C13H12N4O2/c14-9-4-3-7-17-12(15-16-13(9)17)8-19-11-6-2-1-5-10(11)18/h1-7,18H,8,14H2. The molecule has 96 valence electrons. The summed E-state index contributed by atoms with van der Waals surface area (Å²) < 4.78 is 7.27. The number of hydrogen-bond acceptors (Lipinski definition) is 5. The Morgan fingerprint density at radius 2 is 2.00 bits per heavy atom. The van der Waals surface area contributed by atoms with Crippen molar-refractivity contribution in [2.75, 3.05) is 5.73 Å². The highest BCUT2D eigenvalue weighted by Gasteiger charge is 2.09. The Morgan fingerprint density at radius 1 is 1.16 bits per heavy atom. The number of fused-ring (bicyclic) bond motifs is 1. The Bertz CT molecular complexity index is 723. The maximum Gasteiger partial charge on any atom is 0.184 e. The highest BCUT2D eigenvalue weighted by atomic mass is 16.5. The van der Waals surface area contributed by atoms with Gasteiger partial charge in [0.1, 0.15) is 6.61 Å². The quantitative estimate of drug-likeness (QED) is 0.743. The van der Waals surface area contributed by atoms with Crippen LogP contribution in [0.5, 0.6) is 11.5 Å². The summed E-state index contributed by atoms with van der Waals surface area (Å²) in [6.45, 7) is 0.197. The van der Waals surface area contributed by atoms with E-state index in [0.717, 1.165) is 0 Å². The topological polar surface area (TPSA) is 85.7 Å². The van der Waals surface area contributed by atoms with E-state index in [2.05, 4.69) is 10.2 Å². The minimum absolute atomic E-state index is 0.0934. The molecule has 0 radical (unpaired) electrons. The fraction of sp³-hybridized carbons (Fsp3) is 0.0769. The van der Waals surface area contributed by atoms with Crippen LogP contribution in [0, 0.1) is 0 Å². The Balaban J connectivity index is 1.87. The van der Waals surface area contributed by atoms with Crippen molar-refractivity contribution in [1.82, 2.24) is 14.6 Å². The first-order chi connectivity index (χ1) is 9.25. The molecule has 0 spiro atoms. The molecule has 6 nitrogen and oxygen atoms in total. The van der Waals surface area contributed by atoms with Crippen LogP contribution in [-0.2, 0) is 6.61 Å². The number of rotatable bonds is 3. The van der Waals surface area contributed by atoms with Crippen molar-refractivity contribution in [2.24, 2.45) is 0 Å². The third-order valence-corrected chi connectivity index (χ3v) is 2.76. The molecule has 0 saturated heterocycles. The van der Waals surface area contributed by atoms with Crippen molar-refractivity contribution in [1.29, 1.82) is 0 Å². The highest BCUT2D eigenvalue weighted by Crippen LogP contribution is 2.25. The summed E-state index contributed by atoms with van der Waals surface area (Å²) in [7, 11) is 0. The first-order valence-electron chi connectivity index (χ1n) is 5.74. The first kappa shape index (κ1) is 11.3. The fourth-order valence-corrected chi connectivity index (χ4v) is 1.80. The lowest BCUT2D eigenvalue weighted by atomic mass is 10.3. The molecule has 0 aliphatic rings. The number of nitrogen functional groups attached to an aromatic ring is 1. The second-order valence-electron chi connectivity index (χ2n) is 4.03. The van der Waals surface area contributed by atoms with Crippen LogP contribution in [0.4, 0.5) is 5.69 Å². The number of nitrogens with two attached hydrogens (primary N) is 1. The van der Waals surface area contributed by atoms with Crippen LogP contribution in [-0.4, -0.2) is 19.7 Å². The van der Waals surface area contributed by atoms with Gasteiger partial charge in [0.15, 0.2) is 23.0 Å². The molecule has 0 aliphatic carbocycles. The number of phenolic OH excluding ortho intramolecular Hbond substituents is 1. The average molecular weight is 256 g/mol. The van der Waals surface area contributed by atoms with Gasteiger partial charge in [-0.2, -0.15) is 0 Å². The van der Waals surface area contributed by atoms with Gasteiger partial charge in [-0.1, -0.05) is 12.1 Å². The van der Waals surface area contributed by atoms with E-state index in [0.29, 0.717) is 22.9 Å². The van der Waals surface area contributed by atoms with Gasteiger partial charge in [-0.05, 0) is 24.3 Å². The number of phenols is 1. The number of para-hydroxylation sites is 2. The Hall–Kier alpha value is -2.76. The van der Waals surface area contributed by atoms with E-state index >= 15 is 0 Å². The number of pyridine rings is 1. The zero-order chi connectivity index (χ0) is 13.2. The van der Waals surface area contributed by atoms with Crippen molar-refractivity contribution in [3.8, 4) is 11.5 Å². The second kappa shape index (κ2) is 4.49. The average Bonchev–Trinajstić information content (AvgIpc) is 2.83. The minimum atomic E-state index is 0.0934. The monoisotopic (exact) mass is 256 g/mol. The molecule has 2 aromatic heterocycles. The highest BCUT2D eigenvalue weighted by molar-refractivity contribution is 5.63. The number of anilines is 1. The van der Waals surface area contributed by atoms with Gasteiger partial charge in [-0.25, -0.2) is 0 Å². The minimum Gasteiger partial charge on any atom is -0.504 e. The molecule has 3 aromatic rings. The first-order valence-corrected chi connectivity index (χ1v) is 5.74. The normalized spacial score (nSPS) is 10.7. The summed E-state index contributed by atoms with van der Waals surface area (Å²) in [6.07, 6.45) is 1.81. The maximum absolute atomic E-state index is 9.61. The van der Waals surface area contributed by atoms with Crippen LogP contribution in [0.3, 0.4) is 0 Å².